The monoisotopic (exact) mass is 399 g/mol. The topological polar surface area (TPSA) is 79.5 Å². The lowest BCUT2D eigenvalue weighted by Gasteiger charge is -2.29. The number of nitrogens with one attached hydrogen (secondary N) is 3. The third-order valence-electron chi connectivity index (χ3n) is 4.33. The van der Waals surface area contributed by atoms with Crippen LogP contribution in [0.4, 0.5) is 4.79 Å². The zero-order valence-corrected chi connectivity index (χ0v) is 16.3. The number of rotatable bonds is 7. The van der Waals surface area contributed by atoms with Crippen molar-refractivity contribution >= 4 is 23.6 Å². The van der Waals surface area contributed by atoms with Crippen molar-refractivity contribution in [2.45, 2.75) is 19.5 Å². The maximum Gasteiger partial charge on any atom is 0.338 e. The van der Waals surface area contributed by atoms with E-state index in [1.807, 2.05) is 54.6 Å². The highest BCUT2D eigenvalue weighted by atomic mass is 35.5. The van der Waals surface area contributed by atoms with Gasteiger partial charge in [0.25, 0.3) is 0 Å². The molecule has 28 heavy (non-hydrogen) atoms. The Hall–Kier alpha value is -2.83. The molecule has 0 aliphatic carbocycles. The van der Waals surface area contributed by atoms with E-state index in [-0.39, 0.29) is 12.6 Å². The fourth-order valence-electron chi connectivity index (χ4n) is 3.04. The highest BCUT2D eigenvalue weighted by molar-refractivity contribution is 6.30. The molecule has 1 heterocycles. The number of ether oxygens (including phenoxy) is 1. The maximum atomic E-state index is 12.7. The lowest BCUT2D eigenvalue weighted by atomic mass is 9.95. The number of carbonyl (C=O) groups excluding carboxylic acids is 2. The van der Waals surface area contributed by atoms with Crippen LogP contribution in [0, 0.1) is 0 Å². The molecule has 2 amide bonds. The average molecular weight is 400 g/mol. The number of amides is 2. The van der Waals surface area contributed by atoms with E-state index in [2.05, 4.69) is 16.0 Å². The molecule has 0 spiro atoms. The van der Waals surface area contributed by atoms with E-state index in [0.29, 0.717) is 29.4 Å². The van der Waals surface area contributed by atoms with Gasteiger partial charge in [0.1, 0.15) is 0 Å². The lowest BCUT2D eigenvalue weighted by molar-refractivity contribution is -0.139. The van der Waals surface area contributed by atoms with Crippen LogP contribution in [-0.4, -0.2) is 25.2 Å². The van der Waals surface area contributed by atoms with E-state index in [0.717, 1.165) is 11.1 Å². The highest BCUT2D eigenvalue weighted by Crippen LogP contribution is 2.27. The molecular formula is C21H22ClN3O3. The summed E-state index contributed by atoms with van der Waals surface area (Å²) in [6.45, 7) is 2.89. The summed E-state index contributed by atoms with van der Waals surface area (Å²) in [6.07, 6.45) is 0. The van der Waals surface area contributed by atoms with Gasteiger partial charge in [0.05, 0.1) is 18.2 Å². The number of halogens is 1. The molecule has 1 aliphatic heterocycles. The minimum Gasteiger partial charge on any atom is -0.463 e. The minimum atomic E-state index is -0.568. The van der Waals surface area contributed by atoms with Crippen molar-refractivity contribution in [2.24, 2.45) is 0 Å². The molecule has 7 heteroatoms. The second-order valence-electron chi connectivity index (χ2n) is 6.28. The SMILES string of the molecule is CCOC(=O)C1=C(CNCc2ccc(Cl)cc2)NC(=O)N[C@@H]1c1ccccc1. The first kappa shape index (κ1) is 19.9. The molecule has 0 aromatic heterocycles. The standard InChI is InChI=1S/C21H22ClN3O3/c1-2-28-20(26)18-17(13-23-12-14-8-10-16(22)11-9-14)24-21(27)25-19(18)15-6-4-3-5-7-15/h3-11,19,23H,2,12-13H2,1H3,(H2,24,25,27)/t19-/m1/s1. The van der Waals surface area contributed by atoms with Crippen LogP contribution in [0.2, 0.25) is 5.02 Å². The van der Waals surface area contributed by atoms with Crippen LogP contribution in [0.3, 0.4) is 0 Å². The fourth-order valence-corrected chi connectivity index (χ4v) is 3.16. The molecule has 2 aromatic carbocycles. The van der Waals surface area contributed by atoms with E-state index in [4.69, 9.17) is 16.3 Å². The molecule has 6 nitrogen and oxygen atoms in total. The minimum absolute atomic E-state index is 0.253. The Morgan fingerprint density at radius 1 is 1.11 bits per heavy atom. The Kier molecular flexibility index (Phi) is 6.68. The van der Waals surface area contributed by atoms with Gasteiger partial charge in [-0.25, -0.2) is 9.59 Å². The van der Waals surface area contributed by atoms with Gasteiger partial charge in [0.2, 0.25) is 0 Å². The van der Waals surface area contributed by atoms with Crippen molar-refractivity contribution in [3.63, 3.8) is 0 Å². The van der Waals surface area contributed by atoms with Crippen molar-refractivity contribution in [1.82, 2.24) is 16.0 Å². The quantitative estimate of drug-likeness (QED) is 0.624. The molecule has 0 bridgehead atoms. The number of carbonyl (C=O) groups is 2. The normalized spacial score (nSPS) is 16.4. The Balaban J connectivity index is 1.84. The molecule has 2 aromatic rings. The molecule has 0 radical (unpaired) electrons. The number of hydrogen-bond donors (Lipinski definition) is 3. The molecule has 0 fully saturated rings. The van der Waals surface area contributed by atoms with Gasteiger partial charge in [-0.1, -0.05) is 54.1 Å². The van der Waals surface area contributed by atoms with Gasteiger partial charge >= 0.3 is 12.0 Å². The van der Waals surface area contributed by atoms with Crippen molar-refractivity contribution in [3.8, 4) is 0 Å². The number of hydrogen-bond acceptors (Lipinski definition) is 4. The first-order chi connectivity index (χ1) is 13.6. The summed E-state index contributed by atoms with van der Waals surface area (Å²) >= 11 is 5.91. The van der Waals surface area contributed by atoms with E-state index >= 15 is 0 Å². The van der Waals surface area contributed by atoms with Crippen molar-refractivity contribution in [1.29, 1.82) is 0 Å². The lowest BCUT2D eigenvalue weighted by Crippen LogP contribution is -2.48. The second kappa shape index (κ2) is 9.39. The van der Waals surface area contributed by atoms with Crippen molar-refractivity contribution in [3.05, 3.63) is 82.0 Å². The maximum absolute atomic E-state index is 12.7. The third kappa shape index (κ3) is 4.91. The van der Waals surface area contributed by atoms with Crippen LogP contribution in [0.1, 0.15) is 24.1 Å². The summed E-state index contributed by atoms with van der Waals surface area (Å²) in [5, 5.41) is 9.49. The van der Waals surface area contributed by atoms with Crippen LogP contribution in [0.15, 0.2) is 65.9 Å². The van der Waals surface area contributed by atoms with Gasteiger partial charge in [-0.15, -0.1) is 0 Å². The zero-order chi connectivity index (χ0) is 19.9. The van der Waals surface area contributed by atoms with E-state index in [1.165, 1.54) is 0 Å². The first-order valence-corrected chi connectivity index (χ1v) is 9.44. The molecule has 0 unspecified atom stereocenters. The Morgan fingerprint density at radius 2 is 1.82 bits per heavy atom. The number of urea groups is 1. The molecule has 3 N–H and O–H groups in total. The third-order valence-corrected chi connectivity index (χ3v) is 4.58. The van der Waals surface area contributed by atoms with Crippen LogP contribution < -0.4 is 16.0 Å². The van der Waals surface area contributed by atoms with Gasteiger partial charge in [0.15, 0.2) is 0 Å². The zero-order valence-electron chi connectivity index (χ0n) is 15.5. The molecule has 1 atom stereocenters. The summed E-state index contributed by atoms with van der Waals surface area (Å²) in [5.41, 5.74) is 2.76. The smallest absolute Gasteiger partial charge is 0.338 e. The largest absolute Gasteiger partial charge is 0.463 e. The van der Waals surface area contributed by atoms with Crippen molar-refractivity contribution in [2.75, 3.05) is 13.2 Å². The van der Waals surface area contributed by atoms with E-state index in [9.17, 15) is 9.59 Å². The van der Waals surface area contributed by atoms with E-state index in [1.54, 1.807) is 6.92 Å². The molecule has 1 aliphatic rings. The highest BCUT2D eigenvalue weighted by Gasteiger charge is 2.33. The Morgan fingerprint density at radius 3 is 2.50 bits per heavy atom. The van der Waals surface area contributed by atoms with Crippen LogP contribution in [-0.2, 0) is 16.1 Å². The van der Waals surface area contributed by atoms with Crippen molar-refractivity contribution < 1.29 is 14.3 Å². The predicted molar refractivity (Wildman–Crippen MR) is 108 cm³/mol. The molecule has 0 saturated carbocycles. The van der Waals surface area contributed by atoms with Crippen LogP contribution in [0.25, 0.3) is 0 Å². The summed E-state index contributed by atoms with van der Waals surface area (Å²) < 4.78 is 5.25. The van der Waals surface area contributed by atoms with Gasteiger partial charge < -0.3 is 20.7 Å². The average Bonchev–Trinajstić information content (AvgIpc) is 2.70. The van der Waals surface area contributed by atoms with Gasteiger partial charge in [-0.05, 0) is 30.2 Å². The molecule has 146 valence electrons. The van der Waals surface area contributed by atoms with Crippen LogP contribution >= 0.6 is 11.6 Å². The number of esters is 1. The molecular weight excluding hydrogens is 378 g/mol. The van der Waals surface area contributed by atoms with Gasteiger partial charge in [-0.3, -0.25) is 0 Å². The summed E-state index contributed by atoms with van der Waals surface area (Å²) in [6, 6.07) is 15.9. The second-order valence-corrected chi connectivity index (χ2v) is 6.72. The Bertz CT molecular complexity index is 866. The number of benzene rings is 2. The molecule has 3 rings (SSSR count). The van der Waals surface area contributed by atoms with Crippen LogP contribution in [0.5, 0.6) is 0 Å². The fraction of sp³-hybridized carbons (Fsp3) is 0.238. The summed E-state index contributed by atoms with van der Waals surface area (Å²) in [4.78, 5) is 24.9. The Labute approximate surface area is 168 Å². The predicted octanol–water partition coefficient (Wildman–Crippen LogP) is 3.30. The van der Waals surface area contributed by atoms with Gasteiger partial charge in [-0.2, -0.15) is 0 Å². The van der Waals surface area contributed by atoms with Gasteiger partial charge in [0, 0.05) is 23.8 Å². The summed E-state index contributed by atoms with van der Waals surface area (Å²) in [7, 11) is 0. The molecule has 0 saturated heterocycles. The first-order valence-electron chi connectivity index (χ1n) is 9.06. The summed E-state index contributed by atoms with van der Waals surface area (Å²) in [5.74, 6) is -0.452. The van der Waals surface area contributed by atoms with E-state index < -0.39 is 12.0 Å².